The van der Waals surface area contributed by atoms with E-state index in [1.807, 2.05) is 20.0 Å². The number of halogens is 2. The standard InChI is InChI=1S/C18H19F2N5O2/c1-3-24-10-13(12(2)22-24)9-21-18(26)16-6-7-25(23-16)11-27-17-5-4-14(19)8-15(17)20/h4-8,10H,3,9,11H2,1-2H3,(H,21,26). The first-order valence-electron chi connectivity index (χ1n) is 8.38. The maximum Gasteiger partial charge on any atom is 0.272 e. The van der Waals surface area contributed by atoms with Crippen LogP contribution in [-0.4, -0.2) is 25.5 Å². The van der Waals surface area contributed by atoms with Gasteiger partial charge in [-0.2, -0.15) is 10.2 Å². The third kappa shape index (κ3) is 4.49. The molecule has 0 atom stereocenters. The first-order chi connectivity index (χ1) is 13.0. The van der Waals surface area contributed by atoms with Gasteiger partial charge in [-0.15, -0.1) is 0 Å². The number of aromatic nitrogens is 4. The fourth-order valence-electron chi connectivity index (χ4n) is 2.44. The zero-order chi connectivity index (χ0) is 19.4. The van der Waals surface area contributed by atoms with Crippen molar-refractivity contribution >= 4 is 5.91 Å². The molecule has 0 bridgehead atoms. The van der Waals surface area contributed by atoms with Crippen molar-refractivity contribution in [1.82, 2.24) is 24.9 Å². The van der Waals surface area contributed by atoms with Gasteiger partial charge in [-0.3, -0.25) is 9.48 Å². The van der Waals surface area contributed by atoms with Crippen LogP contribution < -0.4 is 10.1 Å². The largest absolute Gasteiger partial charge is 0.468 e. The Labute approximate surface area is 154 Å². The van der Waals surface area contributed by atoms with Crippen molar-refractivity contribution in [3.63, 3.8) is 0 Å². The molecule has 0 aliphatic heterocycles. The molecule has 0 unspecified atom stereocenters. The van der Waals surface area contributed by atoms with Crippen LogP contribution in [0, 0.1) is 18.6 Å². The lowest BCUT2D eigenvalue weighted by Crippen LogP contribution is -2.23. The van der Waals surface area contributed by atoms with Gasteiger partial charge in [0.2, 0.25) is 0 Å². The molecule has 0 aliphatic carbocycles. The molecule has 9 heteroatoms. The quantitative estimate of drug-likeness (QED) is 0.689. The topological polar surface area (TPSA) is 74.0 Å². The summed E-state index contributed by atoms with van der Waals surface area (Å²) in [4.78, 5) is 12.2. The van der Waals surface area contributed by atoms with E-state index < -0.39 is 11.6 Å². The maximum absolute atomic E-state index is 13.5. The average Bonchev–Trinajstić information content (AvgIpc) is 3.25. The number of rotatable bonds is 7. The summed E-state index contributed by atoms with van der Waals surface area (Å²) >= 11 is 0. The molecule has 0 saturated heterocycles. The van der Waals surface area contributed by atoms with Crippen LogP contribution in [0.3, 0.4) is 0 Å². The zero-order valence-electron chi connectivity index (χ0n) is 14.9. The van der Waals surface area contributed by atoms with Gasteiger partial charge in [-0.1, -0.05) is 0 Å². The molecule has 0 radical (unpaired) electrons. The molecule has 0 fully saturated rings. The van der Waals surface area contributed by atoms with E-state index in [4.69, 9.17) is 4.74 Å². The summed E-state index contributed by atoms with van der Waals surface area (Å²) in [7, 11) is 0. The Hall–Kier alpha value is -3.23. The third-order valence-electron chi connectivity index (χ3n) is 3.93. The predicted molar refractivity (Wildman–Crippen MR) is 93.0 cm³/mol. The zero-order valence-corrected chi connectivity index (χ0v) is 14.9. The van der Waals surface area contributed by atoms with Crippen molar-refractivity contribution in [3.05, 3.63) is 65.2 Å². The Morgan fingerprint density at radius 2 is 2.04 bits per heavy atom. The number of hydrogen-bond donors (Lipinski definition) is 1. The number of nitrogens with one attached hydrogen (secondary N) is 1. The maximum atomic E-state index is 13.5. The molecule has 1 N–H and O–H groups in total. The number of aryl methyl sites for hydroxylation is 2. The monoisotopic (exact) mass is 375 g/mol. The van der Waals surface area contributed by atoms with E-state index in [2.05, 4.69) is 15.5 Å². The van der Waals surface area contributed by atoms with E-state index >= 15 is 0 Å². The van der Waals surface area contributed by atoms with Gasteiger partial charge in [-0.25, -0.2) is 13.5 Å². The van der Waals surface area contributed by atoms with E-state index in [1.165, 1.54) is 23.0 Å². The lowest BCUT2D eigenvalue weighted by molar-refractivity contribution is 0.0943. The van der Waals surface area contributed by atoms with E-state index in [0.29, 0.717) is 6.54 Å². The SMILES string of the molecule is CCn1cc(CNC(=O)c2ccn(COc3ccc(F)cc3F)n2)c(C)n1. The van der Waals surface area contributed by atoms with E-state index in [-0.39, 0.29) is 24.1 Å². The average molecular weight is 375 g/mol. The number of nitrogens with zero attached hydrogens (tertiary/aromatic N) is 4. The minimum Gasteiger partial charge on any atom is -0.468 e. The van der Waals surface area contributed by atoms with E-state index in [9.17, 15) is 13.6 Å². The Balaban J connectivity index is 1.56. The number of ether oxygens (including phenoxy) is 1. The number of hydrogen-bond acceptors (Lipinski definition) is 4. The van der Waals surface area contributed by atoms with Gasteiger partial charge in [0.15, 0.2) is 18.3 Å². The highest BCUT2D eigenvalue weighted by atomic mass is 19.1. The minimum absolute atomic E-state index is 0.0960. The minimum atomic E-state index is -0.803. The normalized spacial score (nSPS) is 10.8. The number of carbonyl (C=O) groups excluding carboxylic acids is 1. The second kappa shape index (κ2) is 7.98. The molecular weight excluding hydrogens is 356 g/mol. The van der Waals surface area contributed by atoms with Gasteiger partial charge in [0.1, 0.15) is 11.5 Å². The Morgan fingerprint density at radius 3 is 2.74 bits per heavy atom. The molecule has 142 valence electrons. The molecule has 27 heavy (non-hydrogen) atoms. The van der Waals surface area contributed by atoms with Crippen molar-refractivity contribution < 1.29 is 18.3 Å². The predicted octanol–water partition coefficient (Wildman–Crippen LogP) is 2.65. The van der Waals surface area contributed by atoms with Gasteiger partial charge >= 0.3 is 0 Å². The van der Waals surface area contributed by atoms with Gasteiger partial charge in [0.25, 0.3) is 5.91 Å². The van der Waals surface area contributed by atoms with Crippen LogP contribution in [0.15, 0.2) is 36.7 Å². The number of benzene rings is 1. The second-order valence-corrected chi connectivity index (χ2v) is 5.87. The van der Waals surface area contributed by atoms with Gasteiger partial charge in [-0.05, 0) is 32.0 Å². The van der Waals surface area contributed by atoms with Crippen LogP contribution in [0.1, 0.15) is 28.7 Å². The highest BCUT2D eigenvalue weighted by Gasteiger charge is 2.12. The molecule has 0 saturated carbocycles. The van der Waals surface area contributed by atoms with Gasteiger partial charge < -0.3 is 10.1 Å². The van der Waals surface area contributed by atoms with Crippen molar-refractivity contribution in [1.29, 1.82) is 0 Å². The summed E-state index contributed by atoms with van der Waals surface area (Å²) in [5.74, 6) is -1.92. The molecule has 7 nitrogen and oxygen atoms in total. The molecule has 0 spiro atoms. The van der Waals surface area contributed by atoms with Crippen LogP contribution in [0.25, 0.3) is 0 Å². The molecule has 0 aliphatic rings. The summed E-state index contributed by atoms with van der Waals surface area (Å²) in [5.41, 5.74) is 2.00. The summed E-state index contributed by atoms with van der Waals surface area (Å²) < 4.78 is 34.8. The molecule has 2 aromatic heterocycles. The summed E-state index contributed by atoms with van der Waals surface area (Å²) in [6.45, 7) is 4.86. The Kier molecular flexibility index (Phi) is 5.49. The van der Waals surface area contributed by atoms with E-state index in [1.54, 1.807) is 4.68 Å². The van der Waals surface area contributed by atoms with E-state index in [0.717, 1.165) is 29.9 Å². The molecule has 3 rings (SSSR count). The van der Waals surface area contributed by atoms with Crippen LogP contribution in [0.4, 0.5) is 8.78 Å². The third-order valence-corrected chi connectivity index (χ3v) is 3.93. The first kappa shape index (κ1) is 18.6. The van der Waals surface area contributed by atoms with Gasteiger partial charge in [0, 0.05) is 37.1 Å². The number of amides is 1. The highest BCUT2D eigenvalue weighted by molar-refractivity contribution is 5.92. The molecule has 3 aromatic rings. The van der Waals surface area contributed by atoms with Crippen molar-refractivity contribution in [2.45, 2.75) is 33.7 Å². The van der Waals surface area contributed by atoms with Crippen molar-refractivity contribution in [2.75, 3.05) is 0 Å². The fraction of sp³-hybridized carbons (Fsp3) is 0.278. The molecule has 2 heterocycles. The van der Waals surface area contributed by atoms with Crippen LogP contribution in [0.5, 0.6) is 5.75 Å². The Morgan fingerprint density at radius 1 is 1.22 bits per heavy atom. The lowest BCUT2D eigenvalue weighted by Gasteiger charge is -2.07. The number of carbonyl (C=O) groups is 1. The lowest BCUT2D eigenvalue weighted by atomic mass is 10.2. The summed E-state index contributed by atoms with van der Waals surface area (Å²) in [6.07, 6.45) is 3.43. The molecule has 1 amide bonds. The molecule has 1 aromatic carbocycles. The van der Waals surface area contributed by atoms with Crippen LogP contribution >= 0.6 is 0 Å². The summed E-state index contributed by atoms with van der Waals surface area (Å²) in [5, 5.41) is 11.2. The smallest absolute Gasteiger partial charge is 0.272 e. The molecular formula is C18H19F2N5O2. The first-order valence-corrected chi connectivity index (χ1v) is 8.38. The Bertz CT molecular complexity index is 951. The van der Waals surface area contributed by atoms with Crippen molar-refractivity contribution in [2.24, 2.45) is 0 Å². The fourth-order valence-corrected chi connectivity index (χ4v) is 2.44. The van der Waals surface area contributed by atoms with Crippen LogP contribution in [-0.2, 0) is 19.8 Å². The summed E-state index contributed by atoms with van der Waals surface area (Å²) in [6, 6.07) is 4.56. The van der Waals surface area contributed by atoms with Crippen LogP contribution in [0.2, 0.25) is 0 Å². The second-order valence-electron chi connectivity index (χ2n) is 5.87. The van der Waals surface area contributed by atoms with Crippen molar-refractivity contribution in [3.8, 4) is 5.75 Å². The highest BCUT2D eigenvalue weighted by Crippen LogP contribution is 2.17. The van der Waals surface area contributed by atoms with Gasteiger partial charge in [0.05, 0.1) is 5.69 Å².